The summed E-state index contributed by atoms with van der Waals surface area (Å²) in [5.74, 6) is -2.32. The zero-order valence-corrected chi connectivity index (χ0v) is 4.86. The molecule has 0 saturated heterocycles. The molecule has 0 bridgehead atoms. The SMILES string of the molecule is Fc1cnc(Cl)nc1F. The molecule has 1 aromatic heterocycles. The van der Waals surface area contributed by atoms with Gasteiger partial charge in [-0.2, -0.15) is 9.37 Å². The lowest BCUT2D eigenvalue weighted by atomic mass is 10.6. The smallest absolute Gasteiger partial charge is 0.223 e. The van der Waals surface area contributed by atoms with Crippen molar-refractivity contribution in [2.75, 3.05) is 0 Å². The van der Waals surface area contributed by atoms with Crippen molar-refractivity contribution in [2.24, 2.45) is 0 Å². The molecule has 0 radical (unpaired) electrons. The molecule has 1 heterocycles. The minimum absolute atomic E-state index is 0.297. The van der Waals surface area contributed by atoms with Gasteiger partial charge in [0.05, 0.1) is 6.20 Å². The van der Waals surface area contributed by atoms with E-state index in [0.29, 0.717) is 6.20 Å². The lowest BCUT2D eigenvalue weighted by molar-refractivity contribution is 0.473. The molecule has 0 saturated carbocycles. The monoisotopic (exact) mass is 150 g/mol. The lowest BCUT2D eigenvalue weighted by Gasteiger charge is -1.88. The van der Waals surface area contributed by atoms with E-state index in [-0.39, 0.29) is 5.28 Å². The van der Waals surface area contributed by atoms with E-state index in [9.17, 15) is 8.78 Å². The standard InChI is InChI=1S/C4HClF2N2/c5-4-8-1-2(6)3(7)9-4/h1H. The highest BCUT2D eigenvalue weighted by Crippen LogP contribution is 2.03. The summed E-state index contributed by atoms with van der Waals surface area (Å²) < 4.78 is 23.9. The third kappa shape index (κ3) is 1.32. The predicted octanol–water partition coefficient (Wildman–Crippen LogP) is 1.41. The van der Waals surface area contributed by atoms with Gasteiger partial charge in [0.2, 0.25) is 5.28 Å². The lowest BCUT2D eigenvalue weighted by Crippen LogP contribution is -1.91. The second kappa shape index (κ2) is 2.23. The van der Waals surface area contributed by atoms with Gasteiger partial charge in [0.15, 0.2) is 5.82 Å². The van der Waals surface area contributed by atoms with Crippen LogP contribution in [-0.4, -0.2) is 9.97 Å². The van der Waals surface area contributed by atoms with E-state index >= 15 is 0 Å². The summed E-state index contributed by atoms with van der Waals surface area (Å²) >= 11 is 5.09. The van der Waals surface area contributed by atoms with Crippen molar-refractivity contribution in [3.63, 3.8) is 0 Å². The molecule has 0 aliphatic heterocycles. The van der Waals surface area contributed by atoms with Crippen LogP contribution in [0.25, 0.3) is 0 Å². The van der Waals surface area contributed by atoms with Crippen LogP contribution in [-0.2, 0) is 0 Å². The fourth-order valence-corrected chi connectivity index (χ4v) is 0.449. The summed E-state index contributed by atoms with van der Waals surface area (Å²) in [5.41, 5.74) is 0. The van der Waals surface area contributed by atoms with E-state index in [1.165, 1.54) is 0 Å². The first-order chi connectivity index (χ1) is 4.20. The first-order valence-corrected chi connectivity index (χ1v) is 2.41. The van der Waals surface area contributed by atoms with Gasteiger partial charge in [-0.05, 0) is 11.6 Å². The molecular formula is C4HClF2N2. The molecule has 2 nitrogen and oxygen atoms in total. The van der Waals surface area contributed by atoms with Crippen molar-refractivity contribution in [1.29, 1.82) is 0 Å². The number of halogens is 3. The molecule has 1 aromatic rings. The molecule has 0 N–H and O–H groups in total. The minimum atomic E-state index is -1.23. The fourth-order valence-electron chi connectivity index (χ4n) is 0.326. The van der Waals surface area contributed by atoms with E-state index in [0.717, 1.165) is 0 Å². The van der Waals surface area contributed by atoms with E-state index in [1.807, 2.05) is 0 Å². The molecule has 0 atom stereocenters. The second-order valence-corrected chi connectivity index (χ2v) is 1.62. The van der Waals surface area contributed by atoms with Crippen LogP contribution in [0.5, 0.6) is 0 Å². The number of hydrogen-bond donors (Lipinski definition) is 0. The van der Waals surface area contributed by atoms with Crippen LogP contribution >= 0.6 is 11.6 Å². The van der Waals surface area contributed by atoms with Crippen LogP contribution in [0.2, 0.25) is 5.28 Å². The van der Waals surface area contributed by atoms with Gasteiger partial charge in [-0.25, -0.2) is 9.37 Å². The maximum Gasteiger partial charge on any atom is 0.253 e. The maximum absolute atomic E-state index is 12.0. The van der Waals surface area contributed by atoms with Crippen molar-refractivity contribution < 1.29 is 8.78 Å². The Morgan fingerprint density at radius 3 is 2.56 bits per heavy atom. The number of rotatable bonds is 0. The Bertz CT molecular complexity index is 228. The highest BCUT2D eigenvalue weighted by atomic mass is 35.5. The summed E-state index contributed by atoms with van der Waals surface area (Å²) in [6.07, 6.45) is 0.671. The Labute approximate surface area is 54.5 Å². The molecule has 0 aromatic carbocycles. The Kier molecular flexibility index (Phi) is 1.57. The van der Waals surface area contributed by atoms with Gasteiger partial charge < -0.3 is 0 Å². The molecular weight excluding hydrogens is 150 g/mol. The normalized spacial score (nSPS) is 9.67. The zero-order valence-electron chi connectivity index (χ0n) is 4.11. The predicted molar refractivity (Wildman–Crippen MR) is 27.0 cm³/mol. The molecule has 9 heavy (non-hydrogen) atoms. The van der Waals surface area contributed by atoms with Crippen LogP contribution in [0.4, 0.5) is 8.78 Å². The maximum atomic E-state index is 12.0. The molecule has 5 heteroatoms. The van der Waals surface area contributed by atoms with Gasteiger partial charge in [0, 0.05) is 0 Å². The van der Waals surface area contributed by atoms with Gasteiger partial charge in [-0.3, -0.25) is 0 Å². The minimum Gasteiger partial charge on any atom is -0.223 e. The van der Waals surface area contributed by atoms with Crippen molar-refractivity contribution in [2.45, 2.75) is 0 Å². The van der Waals surface area contributed by atoms with Crippen molar-refractivity contribution in [1.82, 2.24) is 9.97 Å². The second-order valence-electron chi connectivity index (χ2n) is 1.28. The average Bonchev–Trinajstić information content (AvgIpc) is 1.80. The number of aromatic nitrogens is 2. The van der Waals surface area contributed by atoms with Crippen molar-refractivity contribution in [3.8, 4) is 0 Å². The molecule has 48 valence electrons. The Balaban J connectivity index is 3.17. The summed E-state index contributed by atoms with van der Waals surface area (Å²) in [5, 5.41) is -0.297. The third-order valence-corrected chi connectivity index (χ3v) is 0.854. The highest BCUT2D eigenvalue weighted by Gasteiger charge is 2.01. The summed E-state index contributed by atoms with van der Waals surface area (Å²) in [4.78, 5) is 6.06. The Hall–Kier alpha value is -0.770. The van der Waals surface area contributed by atoms with E-state index in [4.69, 9.17) is 11.6 Å². The molecule has 0 unspecified atom stereocenters. The Morgan fingerprint density at radius 1 is 1.44 bits per heavy atom. The van der Waals surface area contributed by atoms with Crippen LogP contribution in [0.1, 0.15) is 0 Å². The first-order valence-electron chi connectivity index (χ1n) is 2.03. The van der Waals surface area contributed by atoms with Crippen molar-refractivity contribution >= 4 is 11.6 Å². The van der Waals surface area contributed by atoms with Crippen LogP contribution in [0, 0.1) is 11.8 Å². The summed E-state index contributed by atoms with van der Waals surface area (Å²) in [6.45, 7) is 0. The van der Waals surface area contributed by atoms with Gasteiger partial charge in [0.1, 0.15) is 0 Å². The van der Waals surface area contributed by atoms with Gasteiger partial charge in [-0.15, -0.1) is 0 Å². The topological polar surface area (TPSA) is 25.8 Å². The van der Waals surface area contributed by atoms with E-state index in [2.05, 4.69) is 9.97 Å². The quantitative estimate of drug-likeness (QED) is 0.413. The molecule has 1 rings (SSSR count). The van der Waals surface area contributed by atoms with E-state index in [1.54, 1.807) is 0 Å². The van der Waals surface area contributed by atoms with Crippen LogP contribution in [0.15, 0.2) is 6.20 Å². The average molecular weight is 151 g/mol. The zero-order chi connectivity index (χ0) is 6.85. The molecule has 0 amide bonds. The highest BCUT2D eigenvalue weighted by molar-refractivity contribution is 6.28. The first kappa shape index (κ1) is 6.35. The van der Waals surface area contributed by atoms with Gasteiger partial charge in [-0.1, -0.05) is 0 Å². The molecule has 0 spiro atoms. The molecule has 0 aliphatic carbocycles. The molecule has 0 fully saturated rings. The number of hydrogen-bond acceptors (Lipinski definition) is 2. The fraction of sp³-hybridized carbons (Fsp3) is 0. The van der Waals surface area contributed by atoms with Crippen molar-refractivity contribution in [3.05, 3.63) is 23.2 Å². The van der Waals surface area contributed by atoms with E-state index < -0.39 is 11.8 Å². The largest absolute Gasteiger partial charge is 0.253 e. The summed E-state index contributed by atoms with van der Waals surface area (Å²) in [7, 11) is 0. The van der Waals surface area contributed by atoms with Crippen LogP contribution < -0.4 is 0 Å². The van der Waals surface area contributed by atoms with Gasteiger partial charge >= 0.3 is 0 Å². The Morgan fingerprint density at radius 2 is 2.11 bits per heavy atom. The van der Waals surface area contributed by atoms with Gasteiger partial charge in [0.25, 0.3) is 5.95 Å². The third-order valence-electron chi connectivity index (χ3n) is 0.672. The number of nitrogens with zero attached hydrogens (tertiary/aromatic N) is 2. The van der Waals surface area contributed by atoms with Crippen LogP contribution in [0.3, 0.4) is 0 Å². The molecule has 0 aliphatic rings. The summed E-state index contributed by atoms with van der Waals surface area (Å²) in [6, 6.07) is 0.